The monoisotopic (exact) mass is 351 g/mol. The Morgan fingerprint density at radius 1 is 1.00 bits per heavy atom. The summed E-state index contributed by atoms with van der Waals surface area (Å²) in [5.41, 5.74) is -0.507. The van der Waals surface area contributed by atoms with Crippen LogP contribution in [0.25, 0.3) is 0 Å². The highest BCUT2D eigenvalue weighted by atomic mass is 19.1. The first-order valence-electron chi connectivity index (χ1n) is 7.08. The molecule has 0 atom stereocenters. The van der Waals surface area contributed by atoms with Gasteiger partial charge in [0, 0.05) is 6.07 Å². The normalized spacial score (nSPS) is 10.1. The van der Waals surface area contributed by atoms with Gasteiger partial charge in [-0.3, -0.25) is 4.79 Å². The third kappa shape index (κ3) is 4.66. The van der Waals surface area contributed by atoms with Gasteiger partial charge in [-0.1, -0.05) is 6.07 Å². The van der Waals surface area contributed by atoms with Crippen molar-refractivity contribution in [1.29, 1.82) is 0 Å². The van der Waals surface area contributed by atoms with Crippen molar-refractivity contribution in [2.24, 2.45) is 0 Å². The van der Waals surface area contributed by atoms with E-state index in [1.54, 1.807) is 6.07 Å². The van der Waals surface area contributed by atoms with E-state index in [0.29, 0.717) is 11.5 Å². The minimum absolute atomic E-state index is 0.0982. The SMILES string of the molecule is COc1cc(OC)cc(C(=O)OCC(=O)Nc2c(F)cccc2F)c1. The molecule has 0 saturated heterocycles. The number of anilines is 1. The zero-order valence-electron chi connectivity index (χ0n) is 13.5. The van der Waals surface area contributed by atoms with Gasteiger partial charge in [0.2, 0.25) is 0 Å². The first kappa shape index (κ1) is 18.2. The number of ether oxygens (including phenoxy) is 3. The van der Waals surface area contributed by atoms with Crippen molar-refractivity contribution in [3.05, 3.63) is 53.6 Å². The first-order chi connectivity index (χ1) is 11.9. The fraction of sp³-hybridized carbons (Fsp3) is 0.176. The summed E-state index contributed by atoms with van der Waals surface area (Å²) < 4.78 is 41.8. The molecular weight excluding hydrogens is 336 g/mol. The van der Waals surface area contributed by atoms with E-state index in [-0.39, 0.29) is 5.56 Å². The summed E-state index contributed by atoms with van der Waals surface area (Å²) in [5.74, 6) is -2.84. The molecule has 0 aliphatic rings. The molecule has 0 saturated carbocycles. The summed E-state index contributed by atoms with van der Waals surface area (Å²) in [6.07, 6.45) is 0. The summed E-state index contributed by atoms with van der Waals surface area (Å²) in [6.45, 7) is -0.716. The molecule has 0 radical (unpaired) electrons. The molecule has 1 amide bonds. The Balaban J connectivity index is 2.01. The third-order valence-corrected chi connectivity index (χ3v) is 3.15. The molecule has 0 aromatic heterocycles. The van der Waals surface area contributed by atoms with E-state index in [9.17, 15) is 18.4 Å². The van der Waals surface area contributed by atoms with Crippen LogP contribution in [0, 0.1) is 11.6 Å². The zero-order valence-corrected chi connectivity index (χ0v) is 13.5. The number of hydrogen-bond acceptors (Lipinski definition) is 5. The Hall–Kier alpha value is -3.16. The number of nitrogens with one attached hydrogen (secondary N) is 1. The van der Waals surface area contributed by atoms with Crippen LogP contribution in [0.5, 0.6) is 11.5 Å². The molecule has 132 valence electrons. The maximum Gasteiger partial charge on any atom is 0.338 e. The second-order valence-electron chi connectivity index (χ2n) is 4.82. The highest BCUT2D eigenvalue weighted by molar-refractivity contribution is 5.96. The first-order valence-corrected chi connectivity index (χ1v) is 7.08. The molecule has 8 heteroatoms. The van der Waals surface area contributed by atoms with Crippen LogP contribution in [-0.4, -0.2) is 32.7 Å². The number of para-hydroxylation sites is 1. The Bertz CT molecular complexity index is 752. The van der Waals surface area contributed by atoms with E-state index >= 15 is 0 Å². The van der Waals surface area contributed by atoms with Gasteiger partial charge < -0.3 is 19.5 Å². The average Bonchev–Trinajstić information content (AvgIpc) is 2.62. The Labute approximate surface area is 142 Å². The van der Waals surface area contributed by atoms with Crippen LogP contribution in [-0.2, 0) is 9.53 Å². The molecule has 2 rings (SSSR count). The number of rotatable bonds is 6. The van der Waals surface area contributed by atoms with E-state index < -0.39 is 35.8 Å². The quantitative estimate of drug-likeness (QED) is 0.810. The van der Waals surface area contributed by atoms with E-state index in [1.807, 2.05) is 5.32 Å². The number of benzene rings is 2. The van der Waals surface area contributed by atoms with Crippen molar-refractivity contribution in [1.82, 2.24) is 0 Å². The molecule has 2 aromatic rings. The summed E-state index contributed by atoms with van der Waals surface area (Å²) in [4.78, 5) is 23.7. The maximum absolute atomic E-state index is 13.5. The number of esters is 1. The van der Waals surface area contributed by atoms with E-state index in [2.05, 4.69) is 0 Å². The van der Waals surface area contributed by atoms with Crippen molar-refractivity contribution in [2.45, 2.75) is 0 Å². The maximum atomic E-state index is 13.5. The lowest BCUT2D eigenvalue weighted by molar-refractivity contribution is -0.119. The number of amides is 1. The summed E-state index contributed by atoms with van der Waals surface area (Å²) in [7, 11) is 2.83. The highest BCUT2D eigenvalue weighted by Gasteiger charge is 2.16. The molecule has 25 heavy (non-hydrogen) atoms. The van der Waals surface area contributed by atoms with Gasteiger partial charge in [0.1, 0.15) is 28.8 Å². The highest BCUT2D eigenvalue weighted by Crippen LogP contribution is 2.23. The Morgan fingerprint density at radius 3 is 2.08 bits per heavy atom. The zero-order chi connectivity index (χ0) is 18.4. The summed E-state index contributed by atoms with van der Waals surface area (Å²) >= 11 is 0. The Morgan fingerprint density at radius 2 is 1.56 bits per heavy atom. The van der Waals surface area contributed by atoms with Crippen molar-refractivity contribution in [3.63, 3.8) is 0 Å². The standard InChI is InChI=1S/C17H15F2NO5/c1-23-11-6-10(7-12(8-11)24-2)17(22)25-9-15(21)20-16-13(18)4-3-5-14(16)19/h3-8H,9H2,1-2H3,(H,20,21). The van der Waals surface area contributed by atoms with Gasteiger partial charge >= 0.3 is 5.97 Å². The van der Waals surface area contributed by atoms with Gasteiger partial charge in [-0.05, 0) is 24.3 Å². The molecule has 1 N–H and O–H groups in total. The summed E-state index contributed by atoms with van der Waals surface area (Å²) in [6, 6.07) is 7.51. The van der Waals surface area contributed by atoms with Crippen LogP contribution < -0.4 is 14.8 Å². The number of carbonyl (C=O) groups excluding carboxylic acids is 2. The van der Waals surface area contributed by atoms with Crippen LogP contribution in [0.1, 0.15) is 10.4 Å². The molecule has 0 aliphatic heterocycles. The fourth-order valence-corrected chi connectivity index (χ4v) is 1.93. The van der Waals surface area contributed by atoms with E-state index in [1.165, 1.54) is 26.4 Å². The van der Waals surface area contributed by atoms with Gasteiger partial charge in [-0.25, -0.2) is 13.6 Å². The van der Waals surface area contributed by atoms with Gasteiger partial charge in [-0.15, -0.1) is 0 Å². The fourth-order valence-electron chi connectivity index (χ4n) is 1.93. The second-order valence-corrected chi connectivity index (χ2v) is 4.82. The molecule has 6 nitrogen and oxygen atoms in total. The van der Waals surface area contributed by atoms with Gasteiger partial charge in [-0.2, -0.15) is 0 Å². The van der Waals surface area contributed by atoms with Crippen molar-refractivity contribution in [2.75, 3.05) is 26.1 Å². The lowest BCUT2D eigenvalue weighted by Crippen LogP contribution is -2.22. The lowest BCUT2D eigenvalue weighted by atomic mass is 10.2. The van der Waals surface area contributed by atoms with E-state index in [0.717, 1.165) is 18.2 Å². The topological polar surface area (TPSA) is 73.9 Å². The van der Waals surface area contributed by atoms with Crippen LogP contribution >= 0.6 is 0 Å². The molecule has 0 heterocycles. The van der Waals surface area contributed by atoms with Crippen molar-refractivity contribution < 1.29 is 32.6 Å². The smallest absolute Gasteiger partial charge is 0.338 e. The molecule has 0 aliphatic carbocycles. The van der Waals surface area contributed by atoms with Crippen molar-refractivity contribution in [3.8, 4) is 11.5 Å². The van der Waals surface area contributed by atoms with E-state index in [4.69, 9.17) is 14.2 Å². The minimum atomic E-state index is -0.933. The molecule has 0 fully saturated rings. The van der Waals surface area contributed by atoms with Crippen LogP contribution in [0.2, 0.25) is 0 Å². The predicted molar refractivity (Wildman–Crippen MR) is 84.8 cm³/mol. The molecule has 0 bridgehead atoms. The average molecular weight is 351 g/mol. The van der Waals surface area contributed by atoms with Crippen molar-refractivity contribution >= 4 is 17.6 Å². The van der Waals surface area contributed by atoms with Gasteiger partial charge in [0.05, 0.1) is 19.8 Å². The molecule has 0 spiro atoms. The second kappa shape index (κ2) is 8.09. The molecule has 2 aromatic carbocycles. The Kier molecular flexibility index (Phi) is 5.89. The third-order valence-electron chi connectivity index (χ3n) is 3.15. The number of halogens is 2. The number of hydrogen-bond donors (Lipinski definition) is 1. The summed E-state index contributed by atoms with van der Waals surface area (Å²) in [5, 5.41) is 2.01. The van der Waals surface area contributed by atoms with Gasteiger partial charge in [0.25, 0.3) is 5.91 Å². The van der Waals surface area contributed by atoms with Crippen LogP contribution in [0.4, 0.5) is 14.5 Å². The van der Waals surface area contributed by atoms with Crippen LogP contribution in [0.15, 0.2) is 36.4 Å². The predicted octanol–water partition coefficient (Wildman–Crippen LogP) is 2.78. The lowest BCUT2D eigenvalue weighted by Gasteiger charge is -2.10. The molecule has 0 unspecified atom stereocenters. The molecular formula is C17H15F2NO5. The number of carbonyl (C=O) groups is 2. The minimum Gasteiger partial charge on any atom is -0.497 e. The largest absolute Gasteiger partial charge is 0.497 e. The van der Waals surface area contributed by atoms with Crippen LogP contribution in [0.3, 0.4) is 0 Å². The number of methoxy groups -OCH3 is 2. The van der Waals surface area contributed by atoms with Gasteiger partial charge in [0.15, 0.2) is 6.61 Å².